The molecule has 6 nitrogen and oxygen atoms in total. The van der Waals surface area contributed by atoms with Gasteiger partial charge in [-0.05, 0) is 93.2 Å². The zero-order valence-corrected chi connectivity index (χ0v) is 25.6. The first kappa shape index (κ1) is 26.5. The second-order valence-electron chi connectivity index (χ2n) is 8.35. The normalized spacial score (nSPS) is 11.3. The average molecular weight is 705 g/mol. The zero-order chi connectivity index (χ0) is 25.8. The van der Waals surface area contributed by atoms with E-state index in [9.17, 15) is 0 Å². The van der Waals surface area contributed by atoms with Gasteiger partial charge in [-0.15, -0.1) is 0 Å². The number of halogens is 3. The molecule has 0 aliphatic heterocycles. The van der Waals surface area contributed by atoms with Crippen LogP contribution in [-0.2, 0) is 0 Å². The van der Waals surface area contributed by atoms with Crippen LogP contribution in [0.25, 0.3) is 44.6 Å². The smallest absolute Gasteiger partial charge is 0.122 e. The topological polar surface area (TPSA) is 70.0 Å². The predicted octanol–water partition coefficient (Wildman–Crippen LogP) is 7.48. The minimum absolute atomic E-state index is 0.664. The molecule has 188 valence electrons. The zero-order valence-electron chi connectivity index (χ0n) is 20.0. The lowest BCUT2D eigenvalue weighted by atomic mass is 10.0. The summed E-state index contributed by atoms with van der Waals surface area (Å²) in [6.07, 6.45) is 3.07. The first-order valence-corrected chi connectivity index (χ1v) is 15.4. The molecule has 2 aromatic heterocycles. The predicted molar refractivity (Wildman–Crippen MR) is 164 cm³/mol. The highest BCUT2D eigenvalue weighted by Crippen LogP contribution is 2.40. The van der Waals surface area contributed by atoms with Gasteiger partial charge in [0.05, 0.1) is 45.3 Å². The Morgan fingerprint density at radius 3 is 1.57 bits per heavy atom. The van der Waals surface area contributed by atoms with Crippen LogP contribution in [0.3, 0.4) is 0 Å². The van der Waals surface area contributed by atoms with Gasteiger partial charge in [-0.1, -0.05) is 22.3 Å². The molecule has 11 heteroatoms. The summed E-state index contributed by atoms with van der Waals surface area (Å²) in [5.41, 5.74) is 6.42. The Balaban J connectivity index is 1.62. The summed E-state index contributed by atoms with van der Waals surface area (Å²) < 4.78 is 22.2. The van der Waals surface area contributed by atoms with Crippen LogP contribution in [0, 0.1) is 0 Å². The molecule has 0 saturated carbocycles. The van der Waals surface area contributed by atoms with Crippen molar-refractivity contribution in [1.82, 2.24) is 18.7 Å². The Hall–Kier alpha value is -2.08. The summed E-state index contributed by atoms with van der Waals surface area (Å²) >= 11 is 12.0. The number of hydrogen-bond acceptors (Lipinski definition) is 7. The van der Waals surface area contributed by atoms with Crippen LogP contribution in [0.15, 0.2) is 57.5 Å². The largest absolute Gasteiger partial charge is 0.494 e. The molecule has 0 saturated heterocycles. The van der Waals surface area contributed by atoms with Crippen LogP contribution >= 0.6 is 59.5 Å². The molecule has 0 unspecified atom stereocenters. The third-order valence-electron chi connectivity index (χ3n) is 5.78. The van der Waals surface area contributed by atoms with Crippen molar-refractivity contribution < 1.29 is 9.47 Å². The fraction of sp³-hybridized carbons (Fsp3) is 0.231. The van der Waals surface area contributed by atoms with Gasteiger partial charge in [0.1, 0.15) is 41.4 Å². The van der Waals surface area contributed by atoms with Crippen LogP contribution < -0.4 is 9.47 Å². The summed E-state index contributed by atoms with van der Waals surface area (Å²) in [4.78, 5) is 10.2. The van der Waals surface area contributed by atoms with Crippen LogP contribution in [0.4, 0.5) is 0 Å². The first-order valence-electron chi connectivity index (χ1n) is 11.9. The van der Waals surface area contributed by atoms with Gasteiger partial charge in [0.15, 0.2) is 0 Å². The van der Waals surface area contributed by atoms with E-state index in [-0.39, 0.29) is 0 Å². The number of nitrogens with zero attached hydrogens (tertiary/aromatic N) is 4. The highest BCUT2D eigenvalue weighted by molar-refractivity contribution is 9.11. The van der Waals surface area contributed by atoms with Crippen molar-refractivity contribution in [3.8, 4) is 34.0 Å². The minimum Gasteiger partial charge on any atom is -0.494 e. The van der Waals surface area contributed by atoms with Gasteiger partial charge in [0.2, 0.25) is 0 Å². The fourth-order valence-electron chi connectivity index (χ4n) is 3.84. The Morgan fingerprint density at radius 2 is 1.14 bits per heavy atom. The molecule has 0 bridgehead atoms. The molecule has 0 amide bonds. The van der Waals surface area contributed by atoms with Crippen LogP contribution in [0.1, 0.15) is 12.8 Å². The number of benzene rings is 3. The van der Waals surface area contributed by atoms with E-state index in [2.05, 4.69) is 64.4 Å². The van der Waals surface area contributed by atoms with Gasteiger partial charge < -0.3 is 9.47 Å². The van der Waals surface area contributed by atoms with Crippen molar-refractivity contribution in [2.45, 2.75) is 19.2 Å². The SMILES string of the molecule is BCCCOc1ccc(-c2nc3c(Br)c4nsnc4c(Br)c3nc2-c2ccc(OCCCBr)cc2)cc1. The third kappa shape index (κ3) is 5.69. The van der Waals surface area contributed by atoms with Crippen LogP contribution in [0.5, 0.6) is 11.5 Å². The molecule has 0 aliphatic carbocycles. The highest BCUT2D eigenvalue weighted by atomic mass is 79.9. The van der Waals surface area contributed by atoms with Gasteiger partial charge >= 0.3 is 0 Å². The maximum absolute atomic E-state index is 5.87. The van der Waals surface area contributed by atoms with Crippen molar-refractivity contribution in [3.63, 3.8) is 0 Å². The third-order valence-corrected chi connectivity index (χ3v) is 8.38. The minimum atomic E-state index is 0.664. The van der Waals surface area contributed by atoms with Gasteiger partial charge in [-0.25, -0.2) is 9.97 Å². The van der Waals surface area contributed by atoms with Crippen LogP contribution in [0.2, 0.25) is 6.32 Å². The molecule has 0 fully saturated rings. The van der Waals surface area contributed by atoms with E-state index in [0.29, 0.717) is 13.2 Å². The maximum Gasteiger partial charge on any atom is 0.122 e. The quantitative estimate of drug-likeness (QED) is 0.0854. The van der Waals surface area contributed by atoms with E-state index >= 15 is 0 Å². The molecule has 37 heavy (non-hydrogen) atoms. The summed E-state index contributed by atoms with van der Waals surface area (Å²) in [7, 11) is 2.15. The summed E-state index contributed by atoms with van der Waals surface area (Å²) in [6.45, 7) is 1.37. The Bertz CT molecular complexity index is 1420. The van der Waals surface area contributed by atoms with Gasteiger partial charge in [0.25, 0.3) is 0 Å². The molecule has 0 atom stereocenters. The number of ether oxygens (including phenoxy) is 2. The lowest BCUT2D eigenvalue weighted by molar-refractivity contribution is 0.317. The van der Waals surface area contributed by atoms with Crippen molar-refractivity contribution in [1.29, 1.82) is 0 Å². The molecule has 0 spiro atoms. The highest BCUT2D eigenvalue weighted by Gasteiger charge is 2.21. The number of rotatable bonds is 10. The lowest BCUT2D eigenvalue weighted by Gasteiger charge is -2.14. The Kier molecular flexibility index (Phi) is 8.74. The van der Waals surface area contributed by atoms with E-state index in [0.717, 1.165) is 89.5 Å². The summed E-state index contributed by atoms with van der Waals surface area (Å²) in [6, 6.07) is 16.0. The molecular formula is C26H22BBr3N4O2S. The molecule has 3 aromatic carbocycles. The number of fused-ring (bicyclic) bond motifs is 2. The molecule has 0 N–H and O–H groups in total. The van der Waals surface area contributed by atoms with Crippen molar-refractivity contribution >= 4 is 89.4 Å². The van der Waals surface area contributed by atoms with Gasteiger partial charge in [-0.3, -0.25) is 0 Å². The molecule has 0 radical (unpaired) electrons. The lowest BCUT2D eigenvalue weighted by Crippen LogP contribution is -1.99. The molecular weight excluding hydrogens is 683 g/mol. The number of alkyl halides is 1. The van der Waals surface area contributed by atoms with E-state index in [1.807, 2.05) is 48.5 Å². The number of hydrogen-bond donors (Lipinski definition) is 0. The molecule has 5 aromatic rings. The van der Waals surface area contributed by atoms with E-state index in [1.54, 1.807) is 0 Å². The average Bonchev–Trinajstić information content (AvgIpc) is 3.43. The molecule has 2 heterocycles. The van der Waals surface area contributed by atoms with E-state index in [4.69, 9.17) is 19.4 Å². The monoisotopic (exact) mass is 702 g/mol. The Labute approximate surface area is 245 Å². The van der Waals surface area contributed by atoms with E-state index < -0.39 is 0 Å². The molecule has 0 aliphatic rings. The van der Waals surface area contributed by atoms with Crippen molar-refractivity contribution in [3.05, 3.63) is 57.5 Å². The maximum atomic E-state index is 5.87. The van der Waals surface area contributed by atoms with E-state index in [1.165, 1.54) is 11.7 Å². The second-order valence-corrected chi connectivity index (χ2v) is 11.3. The summed E-state index contributed by atoms with van der Waals surface area (Å²) in [5.74, 6) is 1.67. The number of aromatic nitrogens is 4. The first-order chi connectivity index (χ1) is 18.1. The summed E-state index contributed by atoms with van der Waals surface area (Å²) in [5, 5.41) is 0.912. The molecule has 5 rings (SSSR count). The van der Waals surface area contributed by atoms with Gasteiger partial charge in [0, 0.05) is 16.5 Å². The van der Waals surface area contributed by atoms with Crippen molar-refractivity contribution in [2.24, 2.45) is 0 Å². The van der Waals surface area contributed by atoms with Gasteiger partial charge in [-0.2, -0.15) is 8.75 Å². The Morgan fingerprint density at radius 1 is 0.676 bits per heavy atom. The fourth-order valence-corrected chi connectivity index (χ4v) is 5.97. The van der Waals surface area contributed by atoms with Crippen molar-refractivity contribution in [2.75, 3.05) is 18.5 Å². The van der Waals surface area contributed by atoms with Crippen LogP contribution in [-0.4, -0.2) is 45.1 Å². The second kappa shape index (κ2) is 12.2. The standard InChI is InChI=1S/C26H22BBr3N4O2S/c27-11-1-13-35-17-7-3-15(4-8-17)21-22(16-5-9-18(10-6-16)36-14-2-12-28)32-24-20(30)26-25(33-37-34-26)19(29)23(24)31-21/h3-10H,1-2,11-14,27H2.